The summed E-state index contributed by atoms with van der Waals surface area (Å²) in [5.74, 6) is -2.41. The molecule has 23 heteroatoms. The van der Waals surface area contributed by atoms with Crippen molar-refractivity contribution in [2.24, 2.45) is 0 Å². The quantitative estimate of drug-likeness (QED) is 0.0169. The number of ether oxygens (including phenoxy) is 6. The van der Waals surface area contributed by atoms with Crippen LogP contribution in [-0.2, 0) is 62.0 Å². The molecule has 0 fully saturated rings. The smallest absolute Gasteiger partial charge is 0.306 e. The van der Waals surface area contributed by atoms with Gasteiger partial charge in [-0.15, -0.1) is 0 Å². The van der Waals surface area contributed by atoms with Crippen molar-refractivity contribution in [2.75, 3.05) is 52.9 Å². The predicted octanol–water partition coefficient (Wildman–Crippen LogP) is 21.7. The lowest BCUT2D eigenvalue weighted by atomic mass is 10.1. The van der Waals surface area contributed by atoms with Crippen LogP contribution in [-0.4, -0.2) is 171 Å². The molecule has 0 aliphatic heterocycles. The van der Waals surface area contributed by atoms with Crippen LogP contribution in [0.5, 0.6) is 0 Å². The first-order valence-corrected chi connectivity index (χ1v) is 48.5. The van der Waals surface area contributed by atoms with E-state index in [4.69, 9.17) is 59.1 Å². The van der Waals surface area contributed by atoms with Gasteiger partial charge in [0.1, 0.15) is 38.6 Å². The monoisotopic (exact) mass is 1720 g/mol. The third kappa shape index (κ3) is 120. The Morgan fingerprint density at radius 3 is 0.538 bits per heavy atom. The van der Waals surface area contributed by atoms with Crippen molar-refractivity contribution in [3.8, 4) is 0 Å². The van der Waals surface area contributed by atoms with Crippen LogP contribution in [0, 0.1) is 0 Å². The van der Waals surface area contributed by atoms with Crippen LogP contribution in [0.3, 0.4) is 0 Å². The van der Waals surface area contributed by atoms with Crippen LogP contribution < -0.4 is 0 Å². The number of carboxylic acids is 1. The Labute approximate surface area is 727 Å². The van der Waals surface area contributed by atoms with Crippen molar-refractivity contribution in [1.82, 2.24) is 0 Å². The Hall–Kier alpha value is -4.07. The molecule has 0 spiro atoms. The molecule has 23 nitrogen and oxygen atoms in total. The highest BCUT2D eigenvalue weighted by Crippen LogP contribution is 2.19. The van der Waals surface area contributed by atoms with E-state index in [0.717, 1.165) is 122 Å². The van der Waals surface area contributed by atoms with Gasteiger partial charge in [0.05, 0.1) is 26.4 Å². The summed E-state index contributed by atoms with van der Waals surface area (Å²) >= 11 is 0. The lowest BCUT2D eigenvalue weighted by Crippen LogP contribution is -2.30. The number of carboxylic acid groups (broad SMARTS) is 1. The van der Waals surface area contributed by atoms with Gasteiger partial charge in [-0.25, -0.2) is 0 Å². The zero-order valence-electron chi connectivity index (χ0n) is 77.9. The van der Waals surface area contributed by atoms with Gasteiger partial charge in [0.15, 0.2) is 12.2 Å². The Bertz CT molecular complexity index is 1980. The second-order valence-corrected chi connectivity index (χ2v) is 32.4. The maximum Gasteiger partial charge on any atom is 0.306 e. The van der Waals surface area contributed by atoms with Gasteiger partial charge in [-0.3, -0.25) is 33.6 Å². The first-order chi connectivity index (χ1) is 56.4. The first-order valence-electron chi connectivity index (χ1n) is 48.5. The van der Waals surface area contributed by atoms with Crippen molar-refractivity contribution < 1.29 is 114 Å². The van der Waals surface area contributed by atoms with Crippen LogP contribution in [0.2, 0.25) is 0 Å². The maximum absolute atomic E-state index is 12.6. The van der Waals surface area contributed by atoms with Crippen LogP contribution >= 0.6 is 0 Å². The highest BCUT2D eigenvalue weighted by Gasteiger charge is 2.21. The second kappa shape index (κ2) is 114. The van der Waals surface area contributed by atoms with E-state index in [2.05, 4.69) is 48.5 Å². The highest BCUT2D eigenvalue weighted by atomic mass is 16.6. The average molecular weight is 1720 g/mol. The molecular formula is C96H194O23. The van der Waals surface area contributed by atoms with Crippen LogP contribution in [0.4, 0.5) is 0 Å². The number of hydrogen-bond acceptors (Lipinski definition) is 19. The van der Waals surface area contributed by atoms with Crippen molar-refractivity contribution in [3.05, 3.63) is 0 Å². The summed E-state index contributed by atoms with van der Waals surface area (Å²) in [5, 5.41) is 59.4. The number of carbonyl (C=O) groups is 7. The van der Waals surface area contributed by atoms with Gasteiger partial charge in [0, 0.05) is 44.9 Å². The van der Waals surface area contributed by atoms with E-state index in [9.17, 15) is 38.7 Å². The number of aliphatic hydroxyl groups excluding tert-OH is 6. The Morgan fingerprint density at radius 1 is 0.202 bits per heavy atom. The number of esters is 6. The summed E-state index contributed by atoms with van der Waals surface area (Å²) in [6, 6.07) is 0. The largest absolute Gasteiger partial charge is 0.481 e. The van der Waals surface area contributed by atoms with E-state index in [-0.39, 0.29) is 105 Å². The number of aliphatic carboxylic acids is 1. The van der Waals surface area contributed by atoms with Crippen LogP contribution in [0.1, 0.15) is 498 Å². The Balaban J connectivity index is -0.000000240. The summed E-state index contributed by atoms with van der Waals surface area (Å²) in [5.41, 5.74) is 0. The van der Waals surface area contributed by atoms with Crippen LogP contribution in [0.15, 0.2) is 0 Å². The normalized spacial score (nSPS) is 11.2. The second-order valence-electron chi connectivity index (χ2n) is 32.4. The molecule has 2 atom stereocenters. The van der Waals surface area contributed by atoms with Gasteiger partial charge in [0.25, 0.3) is 0 Å². The fourth-order valence-electron chi connectivity index (χ4n) is 12.9. The first kappa shape index (κ1) is 130. The molecule has 0 radical (unpaired) electrons. The number of hydrogen-bond donors (Lipinski definition) is 7. The van der Waals surface area contributed by atoms with E-state index < -0.39 is 30.4 Å². The van der Waals surface area contributed by atoms with Gasteiger partial charge in [0.2, 0.25) is 0 Å². The number of unbranched alkanes of at least 4 members (excludes halogenated alkanes) is 56. The molecule has 0 rings (SSSR count). The summed E-state index contributed by atoms with van der Waals surface area (Å²) in [7, 11) is 0. The zero-order chi connectivity index (χ0) is 86.7. The topological polar surface area (TPSA) is 411 Å². The van der Waals surface area contributed by atoms with Gasteiger partial charge in [-0.05, 0) is 44.9 Å². The van der Waals surface area contributed by atoms with Crippen molar-refractivity contribution in [3.63, 3.8) is 0 Å². The van der Waals surface area contributed by atoms with Crippen molar-refractivity contribution in [1.29, 1.82) is 0 Å². The van der Waals surface area contributed by atoms with E-state index in [1.54, 1.807) is 0 Å². The molecule has 0 aliphatic rings. The molecular weight excluding hydrogens is 1520 g/mol. The summed E-state index contributed by atoms with van der Waals surface area (Å²) in [4.78, 5) is 82.6. The molecule has 716 valence electrons. The molecule has 13 N–H and O–H groups in total. The molecule has 0 bridgehead atoms. The molecule has 0 amide bonds. The number of aliphatic hydroxyl groups is 6. The Kier molecular flexibility index (Phi) is 125. The summed E-state index contributed by atoms with van der Waals surface area (Å²) in [6.45, 7) is 13.9. The van der Waals surface area contributed by atoms with Gasteiger partial charge in [-0.2, -0.15) is 0 Å². The molecule has 119 heavy (non-hydrogen) atoms. The SMILES string of the molecule is CCCCCCCCCCCC(=O)O.CCCCCCCCCCCC(=O)OCC(CO)OC(=O)CCCCCCCCCCC.CCCCCCCCCCCC(=O)OCC(COC(=O)CCCCCCCCCCC)OC(=O)CCCCCCCCCCC.CCCCCCCCCCCC(=O)OCC(O)CO.O.O.O.OCC(O)CO. The van der Waals surface area contributed by atoms with Gasteiger partial charge in [-0.1, -0.05) is 408 Å². The lowest BCUT2D eigenvalue weighted by molar-refractivity contribution is -0.167. The van der Waals surface area contributed by atoms with Crippen LogP contribution in [0.25, 0.3) is 0 Å². The standard InChI is InChI=1S/C39H74O6.C27H52O5.C15H30O4.C12H24O2.C3H8O3.3H2O/c1-4-7-10-13-16-19-22-25-28-31-37(40)43-34-36(45-39(42)33-30-27-24-21-18-15-12-9-6-3)35-44-38(41)32-29-26-23-20-17-14-11-8-5-2;1-3-5-7-9-11-13-15-17-19-21-26(29)31-24-25(23-28)32-27(30)22-20-18-16-14-12-10-8-6-4-2;1-2-3-4-5-6-7-8-9-10-11-15(18)19-13-14(17)12-16;1-2-3-4-5-6-7-8-9-10-11-12(13)14;4-1-3(6)2-5;;;/h36H,4-35H2,1-3H3;25,28H,3-24H2,1-2H3;14,16-17H,2-13H2,1H3;2-11H2,1H3,(H,13,14);3-6H,1-2H2;3*1H2. The summed E-state index contributed by atoms with van der Waals surface area (Å²) in [6.07, 6.45) is 74.8. The van der Waals surface area contributed by atoms with E-state index in [1.807, 2.05) is 0 Å². The fraction of sp³-hybridized carbons (Fsp3) is 0.927. The van der Waals surface area contributed by atoms with Gasteiger partial charge >= 0.3 is 41.8 Å². The third-order valence-corrected chi connectivity index (χ3v) is 20.6. The fourth-order valence-corrected chi connectivity index (χ4v) is 12.9. The molecule has 0 aromatic heterocycles. The van der Waals surface area contributed by atoms with E-state index in [1.165, 1.54) is 283 Å². The molecule has 0 heterocycles. The Morgan fingerprint density at radius 2 is 0.361 bits per heavy atom. The molecule has 0 aliphatic carbocycles. The van der Waals surface area contributed by atoms with E-state index in [0.29, 0.717) is 44.9 Å². The summed E-state index contributed by atoms with van der Waals surface area (Å²) < 4.78 is 31.8. The maximum atomic E-state index is 12.6. The number of rotatable bonds is 84. The average Bonchev–Trinajstić information content (AvgIpc) is 0.939. The molecule has 0 saturated carbocycles. The highest BCUT2D eigenvalue weighted by molar-refractivity contribution is 5.72. The predicted molar refractivity (Wildman–Crippen MR) is 485 cm³/mol. The number of carbonyl (C=O) groups excluding carboxylic acids is 6. The van der Waals surface area contributed by atoms with Gasteiger partial charge < -0.3 is 80.6 Å². The third-order valence-electron chi connectivity index (χ3n) is 20.6. The minimum Gasteiger partial charge on any atom is -0.481 e. The minimum atomic E-state index is -0.954. The molecule has 2 unspecified atom stereocenters. The molecule has 0 saturated heterocycles. The van der Waals surface area contributed by atoms with Crippen molar-refractivity contribution >= 4 is 41.8 Å². The molecule has 0 aromatic carbocycles. The van der Waals surface area contributed by atoms with E-state index >= 15 is 0 Å². The zero-order valence-corrected chi connectivity index (χ0v) is 77.9. The molecule has 0 aromatic rings. The lowest BCUT2D eigenvalue weighted by Gasteiger charge is -2.18. The van der Waals surface area contributed by atoms with Crippen molar-refractivity contribution in [2.45, 2.75) is 522 Å². The minimum absolute atomic E-state index is 0.